The van der Waals surface area contributed by atoms with Crippen LogP contribution in [0.3, 0.4) is 0 Å². The molecule has 0 radical (unpaired) electrons. The second kappa shape index (κ2) is 3.80. The quantitative estimate of drug-likeness (QED) is 0.610. The van der Waals surface area contributed by atoms with E-state index in [1.165, 1.54) is 0 Å². The highest BCUT2D eigenvalue weighted by molar-refractivity contribution is 6.29. The molecule has 0 amide bonds. The molecule has 15 heavy (non-hydrogen) atoms. The van der Waals surface area contributed by atoms with Crippen LogP contribution in [0.15, 0.2) is 6.07 Å². The van der Waals surface area contributed by atoms with Gasteiger partial charge in [0.2, 0.25) is 0 Å². The Bertz CT molecular complexity index is 376. The predicted molar refractivity (Wildman–Crippen MR) is 43.6 cm³/mol. The smallest absolute Gasteiger partial charge is 0.397 e. The van der Waals surface area contributed by atoms with Gasteiger partial charge in [0, 0.05) is 0 Å². The van der Waals surface area contributed by atoms with Crippen molar-refractivity contribution in [2.24, 2.45) is 0 Å². The molecule has 0 spiro atoms. The van der Waals surface area contributed by atoms with Gasteiger partial charge < -0.3 is 5.73 Å². The Morgan fingerprint density at radius 3 is 2.27 bits per heavy atom. The first kappa shape index (κ1) is 12.0. The zero-order valence-electron chi connectivity index (χ0n) is 6.95. The van der Waals surface area contributed by atoms with Gasteiger partial charge >= 0.3 is 6.18 Å². The molecule has 2 nitrogen and oxygen atoms in total. The SMILES string of the molecule is Nc1c(C(F)(F)F)cc(Cl)nc1C(F)F. The maximum atomic E-state index is 12.3. The van der Waals surface area contributed by atoms with Gasteiger partial charge in [-0.3, -0.25) is 0 Å². The number of hydrogen-bond acceptors (Lipinski definition) is 2. The first-order chi connectivity index (χ1) is 6.73. The average Bonchev–Trinajstić information content (AvgIpc) is 2.06. The number of rotatable bonds is 1. The van der Waals surface area contributed by atoms with Gasteiger partial charge in [0.15, 0.2) is 0 Å². The number of nitrogens with zero attached hydrogens (tertiary/aromatic N) is 1. The molecule has 0 aliphatic rings. The van der Waals surface area contributed by atoms with Crippen LogP contribution in [0.1, 0.15) is 17.7 Å². The molecular weight excluding hydrogens is 243 g/mol. The lowest BCUT2D eigenvalue weighted by Gasteiger charge is -2.12. The van der Waals surface area contributed by atoms with Gasteiger partial charge in [0.1, 0.15) is 10.8 Å². The van der Waals surface area contributed by atoms with Gasteiger partial charge in [-0.25, -0.2) is 13.8 Å². The van der Waals surface area contributed by atoms with Gasteiger partial charge in [-0.2, -0.15) is 13.2 Å². The van der Waals surface area contributed by atoms with Crippen molar-refractivity contribution in [1.29, 1.82) is 0 Å². The molecular formula is C7H4ClF5N2. The molecule has 1 heterocycles. The Morgan fingerprint density at radius 1 is 1.33 bits per heavy atom. The topological polar surface area (TPSA) is 38.9 Å². The maximum Gasteiger partial charge on any atom is 0.418 e. The molecule has 0 aromatic carbocycles. The minimum Gasteiger partial charge on any atom is -0.397 e. The van der Waals surface area contributed by atoms with Gasteiger partial charge in [0.25, 0.3) is 6.43 Å². The third-order valence-electron chi connectivity index (χ3n) is 1.57. The number of nitrogens with two attached hydrogens (primary N) is 1. The minimum absolute atomic E-state index is 0.406. The van der Waals surface area contributed by atoms with Crippen LogP contribution in [0.2, 0.25) is 5.15 Å². The zero-order valence-corrected chi connectivity index (χ0v) is 7.70. The van der Waals surface area contributed by atoms with E-state index in [0.29, 0.717) is 6.07 Å². The number of nitrogen functional groups attached to an aromatic ring is 1. The lowest BCUT2D eigenvalue weighted by Crippen LogP contribution is -2.12. The normalized spacial score (nSPS) is 12.2. The monoisotopic (exact) mass is 246 g/mol. The standard InChI is InChI=1S/C7H4ClF5N2/c8-3-1-2(7(11,12)13)4(14)5(15-3)6(9)10/h1,6H,14H2. The van der Waals surface area contributed by atoms with Crippen molar-refractivity contribution in [3.05, 3.63) is 22.5 Å². The van der Waals surface area contributed by atoms with Gasteiger partial charge in [0.05, 0.1) is 11.3 Å². The van der Waals surface area contributed by atoms with E-state index in [4.69, 9.17) is 17.3 Å². The first-order valence-electron chi connectivity index (χ1n) is 3.54. The first-order valence-corrected chi connectivity index (χ1v) is 3.92. The van der Waals surface area contributed by atoms with E-state index < -0.39 is 34.7 Å². The number of anilines is 1. The van der Waals surface area contributed by atoms with Crippen LogP contribution < -0.4 is 5.73 Å². The zero-order chi connectivity index (χ0) is 11.8. The Labute approximate surface area is 85.9 Å². The summed E-state index contributed by atoms with van der Waals surface area (Å²) in [6, 6.07) is 0.406. The summed E-state index contributed by atoms with van der Waals surface area (Å²) in [5.74, 6) is 0. The third-order valence-corrected chi connectivity index (χ3v) is 1.76. The number of alkyl halides is 5. The number of pyridine rings is 1. The fraction of sp³-hybridized carbons (Fsp3) is 0.286. The Hall–Kier alpha value is -1.11. The lowest BCUT2D eigenvalue weighted by molar-refractivity contribution is -0.137. The molecule has 0 unspecified atom stereocenters. The van der Waals surface area contributed by atoms with Crippen LogP contribution in [-0.4, -0.2) is 4.98 Å². The second-order valence-electron chi connectivity index (χ2n) is 2.59. The molecule has 84 valence electrons. The van der Waals surface area contributed by atoms with Crippen LogP contribution in [0, 0.1) is 0 Å². The van der Waals surface area contributed by atoms with E-state index in [9.17, 15) is 22.0 Å². The van der Waals surface area contributed by atoms with Crippen LogP contribution >= 0.6 is 11.6 Å². The van der Waals surface area contributed by atoms with E-state index in [1.807, 2.05) is 0 Å². The average molecular weight is 247 g/mol. The third kappa shape index (κ3) is 2.47. The molecule has 1 aromatic heterocycles. The summed E-state index contributed by atoms with van der Waals surface area (Å²) < 4.78 is 61.2. The highest BCUT2D eigenvalue weighted by Gasteiger charge is 2.36. The molecule has 1 rings (SSSR count). The van der Waals surface area contributed by atoms with E-state index in [2.05, 4.69) is 4.98 Å². The van der Waals surface area contributed by atoms with Gasteiger partial charge in [-0.1, -0.05) is 11.6 Å². The molecule has 0 aliphatic heterocycles. The second-order valence-corrected chi connectivity index (χ2v) is 2.98. The molecule has 8 heteroatoms. The van der Waals surface area contributed by atoms with E-state index in [1.54, 1.807) is 0 Å². The van der Waals surface area contributed by atoms with Crippen LogP contribution in [0.4, 0.5) is 27.6 Å². The van der Waals surface area contributed by atoms with Crippen molar-refractivity contribution in [3.8, 4) is 0 Å². The fourth-order valence-electron chi connectivity index (χ4n) is 0.943. The maximum absolute atomic E-state index is 12.3. The van der Waals surface area contributed by atoms with Crippen molar-refractivity contribution in [2.75, 3.05) is 5.73 Å². The summed E-state index contributed by atoms with van der Waals surface area (Å²) in [6.45, 7) is 0. The van der Waals surface area contributed by atoms with Crippen molar-refractivity contribution in [1.82, 2.24) is 4.98 Å². The molecule has 0 bridgehead atoms. The van der Waals surface area contributed by atoms with Crippen molar-refractivity contribution in [2.45, 2.75) is 12.6 Å². The Kier molecular flexibility index (Phi) is 3.03. The van der Waals surface area contributed by atoms with Crippen molar-refractivity contribution >= 4 is 17.3 Å². The Balaban J connectivity index is 3.42. The number of halogens is 6. The molecule has 0 saturated carbocycles. The summed E-state index contributed by atoms with van der Waals surface area (Å²) in [5, 5.41) is -0.674. The summed E-state index contributed by atoms with van der Waals surface area (Å²) in [6.07, 6.45) is -8.04. The van der Waals surface area contributed by atoms with Crippen LogP contribution in [0.5, 0.6) is 0 Å². The van der Waals surface area contributed by atoms with Crippen molar-refractivity contribution in [3.63, 3.8) is 0 Å². The summed E-state index contributed by atoms with van der Waals surface area (Å²) >= 11 is 5.17. The number of aromatic nitrogens is 1. The minimum atomic E-state index is -4.83. The number of hydrogen-bond donors (Lipinski definition) is 1. The van der Waals surface area contributed by atoms with Crippen molar-refractivity contribution < 1.29 is 22.0 Å². The molecule has 0 fully saturated rings. The predicted octanol–water partition coefficient (Wildman–Crippen LogP) is 3.27. The summed E-state index contributed by atoms with van der Waals surface area (Å²) in [4.78, 5) is 3.04. The largest absolute Gasteiger partial charge is 0.418 e. The molecule has 0 saturated heterocycles. The van der Waals surface area contributed by atoms with Gasteiger partial charge in [-0.15, -0.1) is 0 Å². The highest BCUT2D eigenvalue weighted by atomic mass is 35.5. The fourth-order valence-corrected chi connectivity index (χ4v) is 1.14. The van der Waals surface area contributed by atoms with E-state index >= 15 is 0 Å². The summed E-state index contributed by atoms with van der Waals surface area (Å²) in [5.41, 5.74) is 1.26. The van der Waals surface area contributed by atoms with E-state index in [-0.39, 0.29) is 0 Å². The lowest BCUT2D eigenvalue weighted by atomic mass is 10.1. The van der Waals surface area contributed by atoms with Crippen LogP contribution in [-0.2, 0) is 6.18 Å². The van der Waals surface area contributed by atoms with Gasteiger partial charge in [-0.05, 0) is 6.07 Å². The molecule has 2 N–H and O–H groups in total. The molecule has 0 atom stereocenters. The Morgan fingerprint density at radius 2 is 1.87 bits per heavy atom. The molecule has 1 aromatic rings. The molecule has 0 aliphatic carbocycles. The summed E-state index contributed by atoms with van der Waals surface area (Å²) in [7, 11) is 0. The van der Waals surface area contributed by atoms with Crippen LogP contribution in [0.25, 0.3) is 0 Å². The highest BCUT2D eigenvalue weighted by Crippen LogP contribution is 2.38. The van der Waals surface area contributed by atoms with E-state index in [0.717, 1.165) is 0 Å².